The fraction of sp³-hybridized carbons (Fsp3) is 0.286. The minimum Gasteiger partial charge on any atom is -0.493 e. The van der Waals surface area contributed by atoms with Crippen LogP contribution in [0.25, 0.3) is 11.3 Å². The number of hydrogen-bond donors (Lipinski definition) is 1. The van der Waals surface area contributed by atoms with Crippen LogP contribution in [0.4, 0.5) is 5.82 Å². The van der Waals surface area contributed by atoms with Crippen molar-refractivity contribution in [1.29, 1.82) is 0 Å². The Morgan fingerprint density at radius 3 is 2.53 bits per heavy atom. The van der Waals surface area contributed by atoms with Crippen molar-refractivity contribution in [2.75, 3.05) is 26.6 Å². The lowest BCUT2D eigenvalue weighted by molar-refractivity contribution is 0.356. The number of rotatable bonds is 4. The van der Waals surface area contributed by atoms with Crippen molar-refractivity contribution in [1.82, 2.24) is 9.97 Å². The first kappa shape index (κ1) is 13.1. The van der Waals surface area contributed by atoms with Crippen molar-refractivity contribution >= 4 is 5.82 Å². The van der Waals surface area contributed by atoms with Crippen molar-refractivity contribution in [3.63, 3.8) is 0 Å². The standard InChI is InChI=1S/C14H17N3O2/c1-9-12(16-8-17-14(9)15-2)10-6-5-7-11(18-3)13(10)19-4/h5-8H,1-4H3,(H,15,16,17). The fourth-order valence-electron chi connectivity index (χ4n) is 2.05. The maximum Gasteiger partial charge on any atom is 0.170 e. The van der Waals surface area contributed by atoms with Gasteiger partial charge in [-0.2, -0.15) is 0 Å². The number of para-hydroxylation sites is 1. The second kappa shape index (κ2) is 5.56. The second-order valence-corrected chi connectivity index (χ2v) is 3.99. The molecule has 0 spiro atoms. The summed E-state index contributed by atoms with van der Waals surface area (Å²) in [6.07, 6.45) is 1.53. The Labute approximate surface area is 112 Å². The van der Waals surface area contributed by atoms with Crippen LogP contribution < -0.4 is 14.8 Å². The molecule has 0 radical (unpaired) electrons. The van der Waals surface area contributed by atoms with Crippen molar-refractivity contribution in [2.24, 2.45) is 0 Å². The number of aromatic nitrogens is 2. The molecule has 5 heteroatoms. The van der Waals surface area contributed by atoms with Crippen LogP contribution in [0.1, 0.15) is 5.56 Å². The highest BCUT2D eigenvalue weighted by Crippen LogP contribution is 2.38. The Morgan fingerprint density at radius 1 is 1.11 bits per heavy atom. The van der Waals surface area contributed by atoms with E-state index < -0.39 is 0 Å². The van der Waals surface area contributed by atoms with Gasteiger partial charge in [-0.05, 0) is 19.1 Å². The molecule has 100 valence electrons. The molecule has 0 unspecified atom stereocenters. The van der Waals surface area contributed by atoms with Gasteiger partial charge in [-0.25, -0.2) is 9.97 Å². The van der Waals surface area contributed by atoms with Crippen molar-refractivity contribution < 1.29 is 9.47 Å². The molecule has 2 rings (SSSR count). The van der Waals surface area contributed by atoms with Gasteiger partial charge in [-0.1, -0.05) is 6.07 Å². The Kier molecular flexibility index (Phi) is 3.85. The molecule has 1 heterocycles. The van der Waals surface area contributed by atoms with Crippen molar-refractivity contribution in [3.05, 3.63) is 30.1 Å². The average molecular weight is 259 g/mol. The van der Waals surface area contributed by atoms with Gasteiger partial charge < -0.3 is 14.8 Å². The lowest BCUT2D eigenvalue weighted by Gasteiger charge is -2.14. The molecule has 1 aromatic carbocycles. The quantitative estimate of drug-likeness (QED) is 0.914. The summed E-state index contributed by atoms with van der Waals surface area (Å²) in [6.45, 7) is 1.97. The van der Waals surface area contributed by atoms with Gasteiger partial charge in [0.2, 0.25) is 0 Å². The van der Waals surface area contributed by atoms with Crippen molar-refractivity contribution in [2.45, 2.75) is 6.92 Å². The highest BCUT2D eigenvalue weighted by molar-refractivity contribution is 5.75. The molecule has 0 fully saturated rings. The van der Waals surface area contributed by atoms with E-state index in [2.05, 4.69) is 15.3 Å². The predicted octanol–water partition coefficient (Wildman–Crippen LogP) is 2.51. The topological polar surface area (TPSA) is 56.3 Å². The lowest BCUT2D eigenvalue weighted by Crippen LogP contribution is -2.01. The zero-order valence-electron chi connectivity index (χ0n) is 11.5. The van der Waals surface area contributed by atoms with Crippen molar-refractivity contribution in [3.8, 4) is 22.8 Å². The van der Waals surface area contributed by atoms with Crippen LogP contribution in [0.3, 0.4) is 0 Å². The Morgan fingerprint density at radius 2 is 1.89 bits per heavy atom. The molecule has 0 saturated carbocycles. The summed E-state index contributed by atoms with van der Waals surface area (Å²) in [5, 5.41) is 3.05. The molecule has 2 aromatic rings. The minimum atomic E-state index is 0.675. The van der Waals surface area contributed by atoms with Crippen LogP contribution in [0.15, 0.2) is 24.5 Å². The summed E-state index contributed by atoms with van der Waals surface area (Å²) in [5.74, 6) is 2.16. The molecule has 0 saturated heterocycles. The molecule has 1 aromatic heterocycles. The zero-order chi connectivity index (χ0) is 13.8. The van der Waals surface area contributed by atoms with E-state index in [-0.39, 0.29) is 0 Å². The van der Waals surface area contributed by atoms with Gasteiger partial charge in [0.15, 0.2) is 11.5 Å². The third-order valence-electron chi connectivity index (χ3n) is 2.98. The Hall–Kier alpha value is -2.30. The third kappa shape index (κ3) is 2.31. The van der Waals surface area contributed by atoms with Crippen LogP contribution >= 0.6 is 0 Å². The third-order valence-corrected chi connectivity index (χ3v) is 2.98. The Balaban J connectivity index is 2.65. The van der Waals surface area contributed by atoms with Crippen LogP contribution in [0.2, 0.25) is 0 Å². The van der Waals surface area contributed by atoms with E-state index in [4.69, 9.17) is 9.47 Å². The molecule has 0 aliphatic rings. The van der Waals surface area contributed by atoms with Gasteiger partial charge in [0, 0.05) is 18.2 Å². The maximum atomic E-state index is 5.44. The lowest BCUT2D eigenvalue weighted by atomic mass is 10.1. The first-order valence-corrected chi connectivity index (χ1v) is 5.93. The molecule has 0 aliphatic heterocycles. The van der Waals surface area contributed by atoms with E-state index in [1.807, 2.05) is 32.2 Å². The number of ether oxygens (including phenoxy) is 2. The molecular formula is C14H17N3O2. The van der Waals surface area contributed by atoms with Crippen LogP contribution in [-0.2, 0) is 0 Å². The van der Waals surface area contributed by atoms with E-state index >= 15 is 0 Å². The molecule has 19 heavy (non-hydrogen) atoms. The van der Waals surface area contributed by atoms with E-state index in [1.165, 1.54) is 6.33 Å². The highest BCUT2D eigenvalue weighted by Gasteiger charge is 2.15. The van der Waals surface area contributed by atoms with E-state index in [0.29, 0.717) is 11.5 Å². The van der Waals surface area contributed by atoms with Crippen LogP contribution in [-0.4, -0.2) is 31.2 Å². The predicted molar refractivity (Wildman–Crippen MR) is 74.9 cm³/mol. The Bertz CT molecular complexity index is 585. The van der Waals surface area contributed by atoms with Gasteiger partial charge in [-0.15, -0.1) is 0 Å². The summed E-state index contributed by atoms with van der Waals surface area (Å²) < 4.78 is 10.8. The molecule has 0 aliphatic carbocycles. The van der Waals surface area contributed by atoms with Gasteiger partial charge in [0.25, 0.3) is 0 Å². The van der Waals surface area contributed by atoms with Gasteiger partial charge >= 0.3 is 0 Å². The van der Waals surface area contributed by atoms with Gasteiger partial charge in [0.1, 0.15) is 12.1 Å². The molecule has 1 N–H and O–H groups in total. The summed E-state index contributed by atoms with van der Waals surface area (Å²) in [6, 6.07) is 5.73. The highest BCUT2D eigenvalue weighted by atomic mass is 16.5. The summed E-state index contributed by atoms with van der Waals surface area (Å²) in [7, 11) is 5.08. The molecule has 0 atom stereocenters. The molecular weight excluding hydrogens is 242 g/mol. The summed E-state index contributed by atoms with van der Waals surface area (Å²) in [4.78, 5) is 8.54. The summed E-state index contributed by atoms with van der Waals surface area (Å²) in [5.41, 5.74) is 2.69. The number of anilines is 1. The van der Waals surface area contributed by atoms with Gasteiger partial charge in [-0.3, -0.25) is 0 Å². The average Bonchev–Trinajstić information content (AvgIpc) is 2.46. The number of nitrogens with zero attached hydrogens (tertiary/aromatic N) is 2. The number of methoxy groups -OCH3 is 2. The van der Waals surface area contributed by atoms with E-state index in [9.17, 15) is 0 Å². The van der Waals surface area contributed by atoms with E-state index in [0.717, 1.165) is 22.6 Å². The molecule has 0 amide bonds. The number of nitrogens with one attached hydrogen (secondary N) is 1. The molecule has 5 nitrogen and oxygen atoms in total. The minimum absolute atomic E-state index is 0.675. The first-order valence-electron chi connectivity index (χ1n) is 5.93. The maximum absolute atomic E-state index is 5.44. The number of benzene rings is 1. The first-order chi connectivity index (χ1) is 9.22. The largest absolute Gasteiger partial charge is 0.493 e. The smallest absolute Gasteiger partial charge is 0.170 e. The monoisotopic (exact) mass is 259 g/mol. The molecule has 0 bridgehead atoms. The normalized spacial score (nSPS) is 10.1. The summed E-state index contributed by atoms with van der Waals surface area (Å²) >= 11 is 0. The van der Waals surface area contributed by atoms with Gasteiger partial charge in [0.05, 0.1) is 19.9 Å². The zero-order valence-corrected chi connectivity index (χ0v) is 11.5. The fourth-order valence-corrected chi connectivity index (χ4v) is 2.05. The number of hydrogen-bond acceptors (Lipinski definition) is 5. The van der Waals surface area contributed by atoms with E-state index in [1.54, 1.807) is 14.2 Å². The van der Waals surface area contributed by atoms with Crippen LogP contribution in [0, 0.1) is 6.92 Å². The SMILES string of the molecule is CNc1ncnc(-c2cccc(OC)c2OC)c1C. The van der Waals surface area contributed by atoms with Crippen LogP contribution in [0.5, 0.6) is 11.5 Å². The second-order valence-electron chi connectivity index (χ2n) is 3.99.